The highest BCUT2D eigenvalue weighted by Gasteiger charge is 2.19. The molecular weight excluding hydrogens is 348 g/mol. The van der Waals surface area contributed by atoms with Crippen LogP contribution in [0.3, 0.4) is 0 Å². The van der Waals surface area contributed by atoms with Crippen LogP contribution in [0.1, 0.15) is 10.4 Å². The van der Waals surface area contributed by atoms with Crippen LogP contribution in [0.5, 0.6) is 5.75 Å². The van der Waals surface area contributed by atoms with Gasteiger partial charge in [0, 0.05) is 24.2 Å². The van der Waals surface area contributed by atoms with Crippen molar-refractivity contribution in [2.24, 2.45) is 0 Å². The summed E-state index contributed by atoms with van der Waals surface area (Å²) in [6, 6.07) is 5.15. The molecule has 0 bridgehead atoms. The van der Waals surface area contributed by atoms with Crippen molar-refractivity contribution in [2.75, 3.05) is 23.4 Å². The summed E-state index contributed by atoms with van der Waals surface area (Å²) in [6.07, 6.45) is 1.12. The van der Waals surface area contributed by atoms with Gasteiger partial charge in [0.2, 0.25) is 0 Å². The molecule has 4 rings (SSSR count). The van der Waals surface area contributed by atoms with Crippen LogP contribution in [0.4, 0.5) is 11.4 Å². The summed E-state index contributed by atoms with van der Waals surface area (Å²) in [4.78, 5) is 36.7. The molecule has 0 unspecified atom stereocenters. The molecule has 1 aromatic heterocycles. The number of nitrogens with two attached hydrogens (primary N) is 1. The number of aromatic carboxylic acids is 1. The Morgan fingerprint density at radius 1 is 1.40 bits per heavy atom. The van der Waals surface area contributed by atoms with E-state index in [4.69, 9.17) is 15.6 Å². The summed E-state index contributed by atoms with van der Waals surface area (Å²) >= 11 is 1.46. The Labute approximate surface area is 145 Å². The lowest BCUT2D eigenvalue weighted by molar-refractivity contribution is -0.118. The van der Waals surface area contributed by atoms with Gasteiger partial charge in [-0.05, 0) is 18.2 Å². The molecule has 4 N–H and O–H groups in total. The number of carbonyl (C=O) groups excluding carboxylic acids is 1. The van der Waals surface area contributed by atoms with E-state index in [9.17, 15) is 14.4 Å². The number of carboxylic acids is 1. The molecule has 0 saturated heterocycles. The molecule has 25 heavy (non-hydrogen) atoms. The molecule has 0 atom stereocenters. The van der Waals surface area contributed by atoms with Crippen LogP contribution < -0.4 is 21.3 Å². The summed E-state index contributed by atoms with van der Waals surface area (Å²) in [6.45, 7) is 0.629. The largest absolute Gasteiger partial charge is 0.482 e. The minimum Gasteiger partial charge on any atom is -0.482 e. The van der Waals surface area contributed by atoms with Crippen LogP contribution in [-0.4, -0.2) is 38.9 Å². The zero-order chi connectivity index (χ0) is 18.0. The average Bonchev–Trinajstić information content (AvgIpc) is 3.04. The van der Waals surface area contributed by atoms with Crippen molar-refractivity contribution in [3.8, 4) is 5.75 Å². The normalized spacial score (nSPS) is 14.3. The van der Waals surface area contributed by atoms with Gasteiger partial charge in [0.1, 0.15) is 11.3 Å². The Morgan fingerprint density at radius 2 is 2.20 bits per heavy atom. The number of carboxylic acid groups (broad SMARTS) is 1. The van der Waals surface area contributed by atoms with Crippen LogP contribution in [0.15, 0.2) is 34.3 Å². The van der Waals surface area contributed by atoms with E-state index in [0.717, 1.165) is 11.9 Å². The van der Waals surface area contributed by atoms with Gasteiger partial charge in [0.15, 0.2) is 11.8 Å². The Kier molecular flexibility index (Phi) is 4.61. The van der Waals surface area contributed by atoms with Crippen molar-refractivity contribution in [1.29, 1.82) is 0 Å². The Balaban J connectivity index is 0.000000146. The van der Waals surface area contributed by atoms with E-state index in [0.29, 0.717) is 28.8 Å². The molecule has 0 spiro atoms. The summed E-state index contributed by atoms with van der Waals surface area (Å²) in [7, 11) is 0. The summed E-state index contributed by atoms with van der Waals surface area (Å²) in [5.41, 5.74) is 6.06. The first-order valence-corrected chi connectivity index (χ1v) is 8.22. The summed E-state index contributed by atoms with van der Waals surface area (Å²) in [5.74, 6) is 0.0901. The van der Waals surface area contributed by atoms with Crippen molar-refractivity contribution in [1.82, 2.24) is 9.55 Å². The third-order valence-corrected chi connectivity index (χ3v) is 4.39. The monoisotopic (exact) mass is 362 g/mol. The maximum absolute atomic E-state index is 11.4. The minimum atomic E-state index is -1.22. The number of nitrogen functional groups attached to an aromatic ring is 1. The second-order valence-corrected chi connectivity index (χ2v) is 6.22. The number of fused-ring (bicyclic) bond motifs is 2. The van der Waals surface area contributed by atoms with Gasteiger partial charge in [-0.3, -0.25) is 14.2 Å². The van der Waals surface area contributed by atoms with E-state index in [2.05, 4.69) is 10.3 Å². The number of thioether (sulfide) groups is 1. The fourth-order valence-corrected chi connectivity index (χ4v) is 3.18. The number of ether oxygens (including phenoxy) is 1. The molecule has 0 fully saturated rings. The van der Waals surface area contributed by atoms with Crippen LogP contribution in [0, 0.1) is 0 Å². The van der Waals surface area contributed by atoms with Gasteiger partial charge in [-0.25, -0.2) is 9.78 Å². The second-order valence-electron chi connectivity index (χ2n) is 5.16. The molecule has 2 aromatic rings. The molecule has 130 valence electrons. The number of hydrogen-bond donors (Lipinski definition) is 3. The van der Waals surface area contributed by atoms with Gasteiger partial charge in [-0.2, -0.15) is 0 Å². The van der Waals surface area contributed by atoms with Crippen LogP contribution >= 0.6 is 11.8 Å². The molecule has 2 aliphatic rings. The number of anilines is 2. The van der Waals surface area contributed by atoms with Crippen LogP contribution in [-0.2, 0) is 11.3 Å². The zero-order valence-corrected chi connectivity index (χ0v) is 13.7. The van der Waals surface area contributed by atoms with E-state index in [1.165, 1.54) is 16.3 Å². The number of aromatic nitrogens is 2. The fraction of sp³-hybridized carbons (Fsp3) is 0.200. The predicted molar refractivity (Wildman–Crippen MR) is 91.2 cm³/mol. The van der Waals surface area contributed by atoms with Crippen molar-refractivity contribution >= 4 is 35.0 Å². The molecular formula is C15H14N4O5S. The lowest BCUT2D eigenvalue weighted by atomic mass is 10.2. The SMILES string of the molecule is Nc1ccc2c(c1)NC(=O)CO2.O=C(O)c1cnc2n(c1=O)CCS2. The minimum absolute atomic E-state index is 0.0803. The maximum atomic E-state index is 11.4. The van der Waals surface area contributed by atoms with Gasteiger partial charge >= 0.3 is 5.97 Å². The molecule has 1 amide bonds. The fourth-order valence-electron chi connectivity index (χ4n) is 2.26. The number of amides is 1. The number of rotatable bonds is 1. The van der Waals surface area contributed by atoms with Crippen molar-refractivity contribution in [3.05, 3.63) is 40.3 Å². The molecule has 1 aromatic carbocycles. The molecule has 2 aliphatic heterocycles. The van der Waals surface area contributed by atoms with Crippen LogP contribution in [0.25, 0.3) is 0 Å². The van der Waals surface area contributed by atoms with Crippen molar-refractivity contribution in [3.63, 3.8) is 0 Å². The summed E-state index contributed by atoms with van der Waals surface area (Å²) < 4.78 is 6.52. The highest BCUT2D eigenvalue weighted by Crippen LogP contribution is 2.28. The Hall–Kier alpha value is -3.01. The Morgan fingerprint density at radius 3 is 2.96 bits per heavy atom. The number of nitrogens with one attached hydrogen (secondary N) is 1. The van der Waals surface area contributed by atoms with Gasteiger partial charge in [0.05, 0.1) is 5.69 Å². The van der Waals surface area contributed by atoms with E-state index in [1.807, 2.05) is 0 Å². The average molecular weight is 362 g/mol. The first kappa shape index (κ1) is 16.8. The molecule has 3 heterocycles. The topological polar surface area (TPSA) is 137 Å². The molecule has 0 radical (unpaired) electrons. The first-order valence-electron chi connectivity index (χ1n) is 7.24. The highest BCUT2D eigenvalue weighted by molar-refractivity contribution is 7.99. The highest BCUT2D eigenvalue weighted by atomic mass is 32.2. The van der Waals surface area contributed by atoms with E-state index in [1.54, 1.807) is 18.2 Å². The summed E-state index contributed by atoms with van der Waals surface area (Å²) in [5, 5.41) is 11.9. The van der Waals surface area contributed by atoms with Gasteiger partial charge in [-0.15, -0.1) is 0 Å². The molecule has 9 nitrogen and oxygen atoms in total. The van der Waals surface area contributed by atoms with Gasteiger partial charge < -0.3 is 20.9 Å². The lowest BCUT2D eigenvalue weighted by Crippen LogP contribution is -2.26. The van der Waals surface area contributed by atoms with E-state index in [-0.39, 0.29) is 18.1 Å². The lowest BCUT2D eigenvalue weighted by Gasteiger charge is -2.17. The second kappa shape index (κ2) is 6.85. The Bertz CT molecular complexity index is 911. The number of hydrogen-bond acceptors (Lipinski definition) is 7. The third kappa shape index (κ3) is 3.58. The van der Waals surface area contributed by atoms with E-state index >= 15 is 0 Å². The quantitative estimate of drug-likeness (QED) is 0.497. The van der Waals surface area contributed by atoms with Gasteiger partial charge in [0.25, 0.3) is 11.5 Å². The van der Waals surface area contributed by atoms with Crippen molar-refractivity contribution < 1.29 is 19.4 Å². The molecule has 0 aliphatic carbocycles. The smallest absolute Gasteiger partial charge is 0.342 e. The third-order valence-electron chi connectivity index (χ3n) is 3.42. The molecule has 0 saturated carbocycles. The van der Waals surface area contributed by atoms with E-state index < -0.39 is 11.5 Å². The standard InChI is InChI=1S/C8H8N2O2.C7H6N2O3S/c9-5-1-2-7-6(3-5)10-8(11)4-12-7;10-5-4(6(11)12)3-8-7-9(5)1-2-13-7/h1-3H,4,9H2,(H,10,11);3H,1-2H2,(H,11,12). The number of carbonyl (C=O) groups is 2. The van der Waals surface area contributed by atoms with Gasteiger partial charge in [-0.1, -0.05) is 11.8 Å². The predicted octanol–water partition coefficient (Wildman–Crippen LogP) is 0.647. The number of benzene rings is 1. The van der Waals surface area contributed by atoms with Crippen molar-refractivity contribution in [2.45, 2.75) is 11.7 Å². The number of nitrogens with zero attached hydrogens (tertiary/aromatic N) is 2. The first-order chi connectivity index (χ1) is 12.0. The zero-order valence-electron chi connectivity index (χ0n) is 12.9. The van der Waals surface area contributed by atoms with Crippen LogP contribution in [0.2, 0.25) is 0 Å². The maximum Gasteiger partial charge on any atom is 0.342 e. The molecule has 10 heteroatoms.